The molecule has 1 aliphatic carbocycles. The third-order valence-electron chi connectivity index (χ3n) is 3.31. The molecule has 1 amide bonds. The first-order valence-electron chi connectivity index (χ1n) is 7.53. The van der Waals surface area contributed by atoms with Gasteiger partial charge >= 0.3 is 6.09 Å². The summed E-state index contributed by atoms with van der Waals surface area (Å²) in [5.74, 6) is 0.676. The number of methoxy groups -OCH3 is 1. The van der Waals surface area contributed by atoms with Crippen LogP contribution in [0.5, 0.6) is 0 Å². The molecule has 5 nitrogen and oxygen atoms in total. The molecular weight excluding hydrogens is 256 g/mol. The normalized spacial score (nSPS) is 18.4. The molecule has 0 spiro atoms. The van der Waals surface area contributed by atoms with E-state index in [9.17, 15) is 4.79 Å². The number of ether oxygens (including phenoxy) is 2. The molecule has 0 bridgehead atoms. The number of carbonyl (C=O) groups excluding carboxylic acids is 1. The van der Waals surface area contributed by atoms with Crippen molar-refractivity contribution in [1.82, 2.24) is 10.6 Å². The first-order chi connectivity index (χ1) is 9.31. The molecule has 0 heterocycles. The maximum atomic E-state index is 11.7. The maximum absolute atomic E-state index is 11.7. The van der Waals surface area contributed by atoms with E-state index in [0.29, 0.717) is 24.5 Å². The minimum atomic E-state index is -0.446. The van der Waals surface area contributed by atoms with Crippen molar-refractivity contribution in [1.29, 1.82) is 0 Å². The number of carbonyl (C=O) groups is 1. The Hall–Kier alpha value is -0.810. The van der Waals surface area contributed by atoms with Crippen LogP contribution in [0, 0.1) is 5.92 Å². The average molecular weight is 286 g/mol. The molecule has 0 aromatic heterocycles. The zero-order valence-electron chi connectivity index (χ0n) is 13.5. The summed E-state index contributed by atoms with van der Waals surface area (Å²) in [6.45, 7) is 9.14. The van der Waals surface area contributed by atoms with Gasteiger partial charge in [-0.25, -0.2) is 4.79 Å². The van der Waals surface area contributed by atoms with Crippen molar-refractivity contribution in [3.05, 3.63) is 0 Å². The number of hydrogen-bond acceptors (Lipinski definition) is 4. The second-order valence-electron chi connectivity index (χ2n) is 6.68. The Morgan fingerprint density at radius 1 is 1.35 bits per heavy atom. The lowest BCUT2D eigenvalue weighted by Gasteiger charge is -2.25. The Morgan fingerprint density at radius 2 is 2.00 bits per heavy atom. The average Bonchev–Trinajstić information content (AvgIpc) is 3.13. The summed E-state index contributed by atoms with van der Waals surface area (Å²) in [5.41, 5.74) is -0.446. The molecule has 0 aliphatic heterocycles. The zero-order valence-corrected chi connectivity index (χ0v) is 13.5. The largest absolute Gasteiger partial charge is 0.444 e. The van der Waals surface area contributed by atoms with Crippen LogP contribution in [0.1, 0.15) is 47.0 Å². The van der Waals surface area contributed by atoms with Crippen LogP contribution in [0.25, 0.3) is 0 Å². The second kappa shape index (κ2) is 7.84. The SMILES string of the molecule is COCCC(C)NC(CNC(=O)OC(C)(C)C)C1CC1. The molecular formula is C15H30N2O3. The highest BCUT2D eigenvalue weighted by molar-refractivity contribution is 5.67. The topological polar surface area (TPSA) is 59.6 Å². The molecule has 0 aromatic rings. The molecule has 2 unspecified atom stereocenters. The number of nitrogens with one attached hydrogen (secondary N) is 2. The molecule has 118 valence electrons. The highest BCUT2D eigenvalue weighted by atomic mass is 16.6. The predicted octanol–water partition coefficient (Wildman–Crippen LogP) is 2.30. The molecule has 1 fully saturated rings. The zero-order chi connectivity index (χ0) is 15.2. The van der Waals surface area contributed by atoms with Crippen LogP contribution in [0.2, 0.25) is 0 Å². The van der Waals surface area contributed by atoms with Crippen LogP contribution in [-0.4, -0.2) is 44.0 Å². The van der Waals surface area contributed by atoms with Gasteiger partial charge in [0.25, 0.3) is 0 Å². The second-order valence-corrected chi connectivity index (χ2v) is 6.68. The molecule has 1 saturated carbocycles. The van der Waals surface area contributed by atoms with E-state index >= 15 is 0 Å². The summed E-state index contributed by atoms with van der Waals surface area (Å²) in [6.07, 6.45) is 3.12. The van der Waals surface area contributed by atoms with E-state index in [1.807, 2.05) is 20.8 Å². The van der Waals surface area contributed by atoms with Gasteiger partial charge in [0.1, 0.15) is 5.60 Å². The summed E-state index contributed by atoms with van der Waals surface area (Å²) < 4.78 is 10.4. The van der Waals surface area contributed by atoms with Gasteiger partial charge in [-0.15, -0.1) is 0 Å². The Labute approximate surface area is 122 Å². The highest BCUT2D eigenvalue weighted by Crippen LogP contribution is 2.32. The summed E-state index contributed by atoms with van der Waals surface area (Å²) in [6, 6.07) is 0.718. The molecule has 0 aromatic carbocycles. The Morgan fingerprint density at radius 3 is 2.50 bits per heavy atom. The lowest BCUT2D eigenvalue weighted by atomic mass is 10.1. The third kappa shape index (κ3) is 7.70. The molecule has 1 aliphatic rings. The molecule has 5 heteroatoms. The van der Waals surface area contributed by atoms with Crippen LogP contribution < -0.4 is 10.6 Å². The third-order valence-corrected chi connectivity index (χ3v) is 3.31. The molecule has 1 rings (SSSR count). The standard InChI is InChI=1S/C15H30N2O3/c1-11(8-9-19-5)17-13(12-6-7-12)10-16-14(18)20-15(2,3)4/h11-13,17H,6-10H2,1-5H3,(H,16,18). The summed E-state index contributed by atoms with van der Waals surface area (Å²) in [7, 11) is 1.72. The Bertz CT molecular complexity index is 298. The number of hydrogen-bond donors (Lipinski definition) is 2. The first kappa shape index (κ1) is 17.2. The van der Waals surface area contributed by atoms with Gasteiger partial charge in [0.15, 0.2) is 0 Å². The summed E-state index contributed by atoms with van der Waals surface area (Å²) >= 11 is 0. The van der Waals surface area contributed by atoms with Crippen molar-refractivity contribution in [2.45, 2.75) is 64.6 Å². The maximum Gasteiger partial charge on any atom is 0.407 e. The quantitative estimate of drug-likeness (QED) is 0.719. The molecule has 0 radical (unpaired) electrons. The van der Waals surface area contributed by atoms with Gasteiger partial charge in [-0.05, 0) is 52.9 Å². The molecule has 2 N–H and O–H groups in total. The van der Waals surface area contributed by atoms with Gasteiger partial charge in [-0.1, -0.05) is 0 Å². The van der Waals surface area contributed by atoms with Crippen LogP contribution in [0.15, 0.2) is 0 Å². The van der Waals surface area contributed by atoms with E-state index in [-0.39, 0.29) is 6.09 Å². The minimum Gasteiger partial charge on any atom is -0.444 e. The van der Waals surface area contributed by atoms with Crippen LogP contribution >= 0.6 is 0 Å². The van der Waals surface area contributed by atoms with E-state index in [1.165, 1.54) is 12.8 Å². The van der Waals surface area contributed by atoms with Crippen molar-refractivity contribution < 1.29 is 14.3 Å². The lowest BCUT2D eigenvalue weighted by molar-refractivity contribution is 0.0519. The Balaban J connectivity index is 2.30. The van der Waals surface area contributed by atoms with Gasteiger partial charge in [-0.3, -0.25) is 0 Å². The van der Waals surface area contributed by atoms with Crippen LogP contribution in [0.3, 0.4) is 0 Å². The highest BCUT2D eigenvalue weighted by Gasteiger charge is 2.32. The number of amides is 1. The van der Waals surface area contributed by atoms with Crippen molar-refractivity contribution in [2.75, 3.05) is 20.3 Å². The predicted molar refractivity (Wildman–Crippen MR) is 79.8 cm³/mol. The number of rotatable bonds is 8. The fourth-order valence-corrected chi connectivity index (χ4v) is 2.11. The summed E-state index contributed by atoms with van der Waals surface area (Å²) in [4.78, 5) is 11.7. The smallest absolute Gasteiger partial charge is 0.407 e. The first-order valence-corrected chi connectivity index (χ1v) is 7.53. The van der Waals surface area contributed by atoms with Gasteiger partial charge in [-0.2, -0.15) is 0 Å². The molecule has 2 atom stereocenters. The van der Waals surface area contributed by atoms with E-state index < -0.39 is 5.60 Å². The van der Waals surface area contributed by atoms with Crippen molar-refractivity contribution in [3.63, 3.8) is 0 Å². The van der Waals surface area contributed by atoms with Gasteiger partial charge in [0.05, 0.1) is 0 Å². The van der Waals surface area contributed by atoms with Gasteiger partial charge < -0.3 is 20.1 Å². The number of alkyl carbamates (subject to hydrolysis) is 1. The fraction of sp³-hybridized carbons (Fsp3) is 0.933. The van der Waals surface area contributed by atoms with E-state index in [0.717, 1.165) is 13.0 Å². The van der Waals surface area contributed by atoms with Crippen LogP contribution in [0.4, 0.5) is 4.79 Å². The summed E-state index contributed by atoms with van der Waals surface area (Å²) in [5, 5.41) is 6.45. The molecule has 0 saturated heterocycles. The minimum absolute atomic E-state index is 0.328. The lowest BCUT2D eigenvalue weighted by Crippen LogP contribution is -2.47. The molecule has 20 heavy (non-hydrogen) atoms. The fourth-order valence-electron chi connectivity index (χ4n) is 2.11. The van der Waals surface area contributed by atoms with E-state index in [4.69, 9.17) is 9.47 Å². The van der Waals surface area contributed by atoms with E-state index in [2.05, 4.69) is 17.6 Å². The van der Waals surface area contributed by atoms with Crippen molar-refractivity contribution >= 4 is 6.09 Å². The van der Waals surface area contributed by atoms with Crippen molar-refractivity contribution in [3.8, 4) is 0 Å². The monoisotopic (exact) mass is 286 g/mol. The van der Waals surface area contributed by atoms with Gasteiger partial charge in [0.2, 0.25) is 0 Å². The van der Waals surface area contributed by atoms with Gasteiger partial charge in [0, 0.05) is 32.3 Å². The van der Waals surface area contributed by atoms with Crippen LogP contribution in [-0.2, 0) is 9.47 Å². The van der Waals surface area contributed by atoms with E-state index in [1.54, 1.807) is 7.11 Å². The Kier molecular flexibility index (Phi) is 6.76. The van der Waals surface area contributed by atoms with Crippen molar-refractivity contribution in [2.24, 2.45) is 5.92 Å².